The van der Waals surface area contributed by atoms with E-state index in [1.165, 1.54) is 0 Å². The van der Waals surface area contributed by atoms with E-state index in [-0.39, 0.29) is 18.4 Å². The highest BCUT2D eigenvalue weighted by molar-refractivity contribution is 5.91. The van der Waals surface area contributed by atoms with Crippen LogP contribution >= 0.6 is 0 Å². The zero-order valence-electron chi connectivity index (χ0n) is 8.78. The lowest BCUT2D eigenvalue weighted by Gasteiger charge is -2.14. The second-order valence-corrected chi connectivity index (χ2v) is 4.46. The fourth-order valence-electron chi connectivity index (χ4n) is 1.81. The normalized spacial score (nSPS) is 26.0. The molecule has 2 aliphatic rings. The molecule has 2 fully saturated rings. The maximum atomic E-state index is 11.6. The van der Waals surface area contributed by atoms with Gasteiger partial charge < -0.3 is 15.7 Å². The molecule has 1 aliphatic carbocycles. The first-order valence-corrected chi connectivity index (χ1v) is 5.34. The minimum atomic E-state index is -0.858. The lowest BCUT2D eigenvalue weighted by Crippen LogP contribution is -2.44. The van der Waals surface area contributed by atoms with Crippen LogP contribution in [0.3, 0.4) is 0 Å². The number of nitrogens with one attached hydrogen (secondary N) is 2. The molecule has 6 nitrogen and oxygen atoms in total. The van der Waals surface area contributed by atoms with Gasteiger partial charge in [0.1, 0.15) is 6.04 Å². The van der Waals surface area contributed by atoms with Gasteiger partial charge in [-0.1, -0.05) is 0 Å². The number of carboxylic acids is 1. The molecule has 0 spiro atoms. The summed E-state index contributed by atoms with van der Waals surface area (Å²) in [5.41, 5.74) is -0.752. The topological polar surface area (TPSA) is 95.5 Å². The Morgan fingerprint density at radius 2 is 2.19 bits per heavy atom. The summed E-state index contributed by atoms with van der Waals surface area (Å²) in [5.74, 6) is -1.26. The van der Waals surface area contributed by atoms with Crippen LogP contribution in [0.15, 0.2) is 0 Å². The van der Waals surface area contributed by atoms with Gasteiger partial charge in [-0.15, -0.1) is 0 Å². The lowest BCUT2D eigenvalue weighted by molar-refractivity contribution is -0.143. The predicted molar refractivity (Wildman–Crippen MR) is 53.5 cm³/mol. The van der Waals surface area contributed by atoms with Crippen molar-refractivity contribution in [3.8, 4) is 0 Å². The SMILES string of the molecule is O=C1CC[C@H](C(=O)NCC2(C(=O)O)CC2)N1. The molecule has 1 saturated carbocycles. The van der Waals surface area contributed by atoms with Crippen molar-refractivity contribution in [2.24, 2.45) is 5.41 Å². The van der Waals surface area contributed by atoms with Gasteiger partial charge in [-0.2, -0.15) is 0 Å². The smallest absolute Gasteiger partial charge is 0.311 e. The Kier molecular flexibility index (Phi) is 2.57. The van der Waals surface area contributed by atoms with E-state index >= 15 is 0 Å². The standard InChI is InChI=1S/C10H14N2O4/c13-7-2-1-6(12-7)8(14)11-5-10(3-4-10)9(15)16/h6H,1-5H2,(H,11,14)(H,12,13)(H,15,16)/t6-/m1/s1. The molecule has 0 unspecified atom stereocenters. The van der Waals surface area contributed by atoms with E-state index in [2.05, 4.69) is 10.6 Å². The van der Waals surface area contributed by atoms with Crippen molar-refractivity contribution in [2.45, 2.75) is 31.7 Å². The minimum absolute atomic E-state index is 0.125. The fraction of sp³-hybridized carbons (Fsp3) is 0.700. The minimum Gasteiger partial charge on any atom is -0.481 e. The molecule has 2 rings (SSSR count). The summed E-state index contributed by atoms with van der Waals surface area (Å²) < 4.78 is 0. The Hall–Kier alpha value is -1.59. The van der Waals surface area contributed by atoms with Crippen LogP contribution in [-0.4, -0.2) is 35.5 Å². The third kappa shape index (κ3) is 2.00. The number of carbonyl (C=O) groups is 3. The summed E-state index contributed by atoms with van der Waals surface area (Å²) >= 11 is 0. The van der Waals surface area contributed by atoms with Crippen molar-refractivity contribution in [2.75, 3.05) is 6.54 Å². The molecule has 0 radical (unpaired) electrons. The van der Waals surface area contributed by atoms with Crippen LogP contribution in [0.4, 0.5) is 0 Å². The first kappa shape index (κ1) is 10.9. The van der Waals surface area contributed by atoms with Crippen molar-refractivity contribution in [1.29, 1.82) is 0 Å². The van der Waals surface area contributed by atoms with Gasteiger partial charge in [-0.3, -0.25) is 14.4 Å². The van der Waals surface area contributed by atoms with Gasteiger partial charge in [-0.25, -0.2) is 0 Å². The van der Waals surface area contributed by atoms with Gasteiger partial charge in [-0.05, 0) is 19.3 Å². The van der Waals surface area contributed by atoms with Gasteiger partial charge >= 0.3 is 5.97 Å². The number of amides is 2. The molecule has 3 N–H and O–H groups in total. The van der Waals surface area contributed by atoms with Crippen LogP contribution in [0.25, 0.3) is 0 Å². The second kappa shape index (κ2) is 3.77. The molecule has 1 aliphatic heterocycles. The molecule has 0 aromatic heterocycles. The molecular weight excluding hydrogens is 212 g/mol. The number of carboxylic acid groups (broad SMARTS) is 1. The van der Waals surface area contributed by atoms with E-state index in [1.54, 1.807) is 0 Å². The van der Waals surface area contributed by atoms with Gasteiger partial charge in [0.25, 0.3) is 0 Å². The molecule has 0 aromatic carbocycles. The lowest BCUT2D eigenvalue weighted by atomic mass is 10.1. The van der Waals surface area contributed by atoms with E-state index in [0.717, 1.165) is 0 Å². The number of hydrogen-bond donors (Lipinski definition) is 3. The highest BCUT2D eigenvalue weighted by Gasteiger charge is 2.50. The zero-order chi connectivity index (χ0) is 11.8. The monoisotopic (exact) mass is 226 g/mol. The molecule has 6 heteroatoms. The molecule has 16 heavy (non-hydrogen) atoms. The summed E-state index contributed by atoms with van der Waals surface area (Å²) in [5, 5.41) is 14.0. The molecular formula is C10H14N2O4. The van der Waals surface area contributed by atoms with Gasteiger partial charge in [0.15, 0.2) is 0 Å². The van der Waals surface area contributed by atoms with Crippen molar-refractivity contribution >= 4 is 17.8 Å². The Morgan fingerprint density at radius 1 is 1.50 bits per heavy atom. The molecule has 88 valence electrons. The fourth-order valence-corrected chi connectivity index (χ4v) is 1.81. The third-order valence-corrected chi connectivity index (χ3v) is 3.22. The number of aliphatic carboxylic acids is 1. The quantitative estimate of drug-likeness (QED) is 0.587. The molecule has 0 aromatic rings. The van der Waals surface area contributed by atoms with Gasteiger partial charge in [0, 0.05) is 13.0 Å². The number of rotatable bonds is 4. The molecule has 1 heterocycles. The Bertz CT molecular complexity index is 349. The first-order chi connectivity index (χ1) is 7.53. The van der Waals surface area contributed by atoms with E-state index in [9.17, 15) is 14.4 Å². The number of carbonyl (C=O) groups excluding carboxylic acids is 2. The summed E-state index contributed by atoms with van der Waals surface area (Å²) in [4.78, 5) is 33.3. The Balaban J connectivity index is 1.80. The van der Waals surface area contributed by atoms with E-state index < -0.39 is 17.4 Å². The van der Waals surface area contributed by atoms with Crippen molar-refractivity contribution in [1.82, 2.24) is 10.6 Å². The van der Waals surface area contributed by atoms with Crippen LogP contribution < -0.4 is 10.6 Å². The van der Waals surface area contributed by atoms with Crippen LogP contribution in [0.1, 0.15) is 25.7 Å². The van der Waals surface area contributed by atoms with Crippen molar-refractivity contribution < 1.29 is 19.5 Å². The van der Waals surface area contributed by atoms with Gasteiger partial charge in [0.2, 0.25) is 11.8 Å². The van der Waals surface area contributed by atoms with Crippen LogP contribution in [0.5, 0.6) is 0 Å². The highest BCUT2D eigenvalue weighted by Crippen LogP contribution is 2.45. The molecule has 2 amide bonds. The first-order valence-electron chi connectivity index (χ1n) is 5.34. The maximum Gasteiger partial charge on any atom is 0.311 e. The Labute approximate surface area is 92.4 Å². The third-order valence-electron chi connectivity index (χ3n) is 3.22. The van der Waals surface area contributed by atoms with Crippen molar-refractivity contribution in [3.05, 3.63) is 0 Å². The highest BCUT2D eigenvalue weighted by atomic mass is 16.4. The van der Waals surface area contributed by atoms with Crippen LogP contribution in [0, 0.1) is 5.41 Å². The molecule has 1 atom stereocenters. The average Bonchev–Trinajstić information content (AvgIpc) is 2.92. The Morgan fingerprint density at radius 3 is 2.62 bits per heavy atom. The van der Waals surface area contributed by atoms with E-state index in [0.29, 0.717) is 25.7 Å². The van der Waals surface area contributed by atoms with E-state index in [1.807, 2.05) is 0 Å². The van der Waals surface area contributed by atoms with Gasteiger partial charge in [0.05, 0.1) is 5.41 Å². The second-order valence-electron chi connectivity index (χ2n) is 4.46. The summed E-state index contributed by atoms with van der Waals surface area (Å²) in [6.07, 6.45) is 2.08. The van der Waals surface area contributed by atoms with E-state index in [4.69, 9.17) is 5.11 Å². The number of hydrogen-bond acceptors (Lipinski definition) is 3. The maximum absolute atomic E-state index is 11.6. The average molecular weight is 226 g/mol. The predicted octanol–water partition coefficient (Wildman–Crippen LogP) is -0.754. The largest absolute Gasteiger partial charge is 0.481 e. The summed E-state index contributed by atoms with van der Waals surface area (Å²) in [6.45, 7) is 0.160. The summed E-state index contributed by atoms with van der Waals surface area (Å²) in [7, 11) is 0. The van der Waals surface area contributed by atoms with Crippen LogP contribution in [-0.2, 0) is 14.4 Å². The van der Waals surface area contributed by atoms with Crippen LogP contribution in [0.2, 0.25) is 0 Å². The molecule has 0 bridgehead atoms. The molecule has 1 saturated heterocycles. The zero-order valence-corrected chi connectivity index (χ0v) is 8.78. The summed E-state index contributed by atoms with van der Waals surface area (Å²) in [6, 6.07) is -0.489. The van der Waals surface area contributed by atoms with Crippen molar-refractivity contribution in [3.63, 3.8) is 0 Å².